The highest BCUT2D eigenvalue weighted by Gasteiger charge is 2.11. The van der Waals surface area contributed by atoms with Crippen molar-refractivity contribution in [1.82, 2.24) is 4.83 Å². The standard InChI is InChI=1S/C14H14N2O2S.ClH/c1-12-8-10-14(11-9-12)19(17,18)16-15-13-6-4-2-3-5-7-13;/h2-11,16H,1H3;1H. The van der Waals surface area contributed by atoms with Gasteiger partial charge in [0.2, 0.25) is 0 Å². The summed E-state index contributed by atoms with van der Waals surface area (Å²) in [6.45, 7) is 1.90. The van der Waals surface area contributed by atoms with Gasteiger partial charge in [0, 0.05) is 0 Å². The van der Waals surface area contributed by atoms with E-state index >= 15 is 0 Å². The second-order valence-corrected chi connectivity index (χ2v) is 5.71. The van der Waals surface area contributed by atoms with Gasteiger partial charge in [-0.25, -0.2) is 0 Å². The number of benzene rings is 1. The number of halogens is 1. The third kappa shape index (κ3) is 4.36. The van der Waals surface area contributed by atoms with Crippen molar-refractivity contribution in [3.63, 3.8) is 0 Å². The van der Waals surface area contributed by atoms with Gasteiger partial charge in [-0.1, -0.05) is 42.0 Å². The minimum absolute atomic E-state index is 0. The van der Waals surface area contributed by atoms with E-state index in [1.54, 1.807) is 48.5 Å². The molecule has 4 nitrogen and oxygen atoms in total. The molecule has 0 aliphatic heterocycles. The Bertz CT molecular complexity index is 707. The molecule has 0 fully saturated rings. The van der Waals surface area contributed by atoms with Crippen molar-refractivity contribution in [2.45, 2.75) is 11.8 Å². The van der Waals surface area contributed by atoms with Gasteiger partial charge in [0.05, 0.1) is 10.3 Å². The molecule has 2 rings (SSSR count). The van der Waals surface area contributed by atoms with E-state index < -0.39 is 10.0 Å². The molecule has 0 heterocycles. The molecule has 0 atom stereocenters. The molecule has 106 valence electrons. The van der Waals surface area contributed by atoms with Gasteiger partial charge in [0.15, 0.2) is 0 Å². The van der Waals surface area contributed by atoms with Crippen molar-refractivity contribution < 1.29 is 8.42 Å². The summed E-state index contributed by atoms with van der Waals surface area (Å²) in [5, 5.41) is 4.42. The third-order valence-corrected chi connectivity index (χ3v) is 3.72. The number of hydrogen-bond donors (Lipinski definition) is 1. The molecule has 0 bridgehead atoms. The molecule has 0 saturated carbocycles. The van der Waals surface area contributed by atoms with Crippen molar-refractivity contribution in [2.24, 2.45) is 5.10 Å². The summed E-state index contributed by atoms with van der Waals surface area (Å²) in [6, 6.07) is 17.3. The van der Waals surface area contributed by atoms with E-state index in [1.165, 1.54) is 0 Å². The highest BCUT2D eigenvalue weighted by atomic mass is 35.5. The average Bonchev–Trinajstić information content (AvgIpc) is 2.65. The molecule has 0 spiro atoms. The Balaban J connectivity index is 0.00000200. The van der Waals surface area contributed by atoms with E-state index in [0.717, 1.165) is 5.56 Å². The third-order valence-electron chi connectivity index (χ3n) is 2.49. The summed E-state index contributed by atoms with van der Waals surface area (Å²) in [5.41, 5.74) is 1.01. The molecule has 1 N–H and O–H groups in total. The fraction of sp³-hybridized carbons (Fsp3) is 0.0714. The second kappa shape index (κ2) is 7.07. The van der Waals surface area contributed by atoms with Gasteiger partial charge in [-0.15, -0.1) is 12.4 Å². The molecule has 0 saturated heterocycles. The number of nitrogens with zero attached hydrogens (tertiary/aromatic N) is 1. The Morgan fingerprint density at radius 3 is 2.00 bits per heavy atom. The minimum atomic E-state index is -3.61. The summed E-state index contributed by atoms with van der Waals surface area (Å²) in [6.07, 6.45) is 0. The van der Waals surface area contributed by atoms with Crippen LogP contribution in [0.5, 0.6) is 0 Å². The Kier molecular flexibility index (Phi) is 5.73. The van der Waals surface area contributed by atoms with Gasteiger partial charge < -0.3 is 0 Å². The minimum Gasteiger partial charge on any atom is -0.200 e. The number of rotatable bonds is 3. The van der Waals surface area contributed by atoms with Crippen LogP contribution < -0.4 is 10.2 Å². The molecule has 20 heavy (non-hydrogen) atoms. The number of nitrogens with one attached hydrogen (secondary N) is 1. The van der Waals surface area contributed by atoms with Crippen molar-refractivity contribution in [3.8, 4) is 0 Å². The summed E-state index contributed by atoms with van der Waals surface area (Å²) < 4.78 is 24.0. The van der Waals surface area contributed by atoms with Crippen molar-refractivity contribution in [2.75, 3.05) is 0 Å². The zero-order valence-corrected chi connectivity index (χ0v) is 12.5. The van der Waals surface area contributed by atoms with Gasteiger partial charge >= 0.3 is 0 Å². The summed E-state index contributed by atoms with van der Waals surface area (Å²) in [4.78, 5) is 2.42. The molecular formula is C14H15ClN2O2S. The first kappa shape index (κ1) is 16.2. The highest BCUT2D eigenvalue weighted by Crippen LogP contribution is 2.09. The fourth-order valence-corrected chi connectivity index (χ4v) is 2.27. The molecule has 0 aliphatic carbocycles. The Morgan fingerprint density at radius 1 is 0.900 bits per heavy atom. The molecule has 0 aliphatic rings. The molecule has 6 heteroatoms. The van der Waals surface area contributed by atoms with E-state index in [4.69, 9.17) is 0 Å². The zero-order valence-electron chi connectivity index (χ0n) is 10.9. The molecular weight excluding hydrogens is 296 g/mol. The summed E-state index contributed by atoms with van der Waals surface area (Å²) >= 11 is 0. The lowest BCUT2D eigenvalue weighted by atomic mass is 10.2. The first-order valence-electron chi connectivity index (χ1n) is 5.75. The molecule has 0 amide bonds. The van der Waals surface area contributed by atoms with Crippen LogP contribution in [0.4, 0.5) is 0 Å². The zero-order chi connectivity index (χ0) is 13.7. The van der Waals surface area contributed by atoms with E-state index in [2.05, 4.69) is 9.93 Å². The Labute approximate surface area is 124 Å². The van der Waals surface area contributed by atoms with Crippen molar-refractivity contribution in [3.05, 3.63) is 71.6 Å². The lowest BCUT2D eigenvalue weighted by Gasteiger charge is -2.02. The largest absolute Gasteiger partial charge is 0.276 e. The smallest absolute Gasteiger partial charge is 0.200 e. The number of aryl methyl sites for hydroxylation is 1. The Hall–Kier alpha value is -1.85. The molecule has 0 radical (unpaired) electrons. The van der Waals surface area contributed by atoms with E-state index in [9.17, 15) is 8.42 Å². The Morgan fingerprint density at radius 2 is 1.45 bits per heavy atom. The maximum Gasteiger partial charge on any atom is 0.276 e. The molecule has 0 aromatic heterocycles. The van der Waals surface area contributed by atoms with Gasteiger partial charge in [0.25, 0.3) is 10.0 Å². The van der Waals surface area contributed by atoms with Gasteiger partial charge in [-0.05, 0) is 31.2 Å². The topological polar surface area (TPSA) is 58.5 Å². The van der Waals surface area contributed by atoms with Crippen LogP contribution in [0, 0.1) is 6.92 Å². The van der Waals surface area contributed by atoms with Gasteiger partial charge in [-0.3, -0.25) is 0 Å². The van der Waals surface area contributed by atoms with E-state index in [-0.39, 0.29) is 17.3 Å². The number of sulfonamides is 1. The van der Waals surface area contributed by atoms with Crippen LogP contribution in [0.15, 0.2) is 70.7 Å². The molecule has 2 aromatic carbocycles. The van der Waals surface area contributed by atoms with E-state index in [1.807, 2.05) is 19.1 Å². The predicted molar refractivity (Wildman–Crippen MR) is 80.8 cm³/mol. The SMILES string of the molecule is Cc1ccc(S(=O)(=O)NN=c2cccccc2)cc1.Cl. The first-order valence-corrected chi connectivity index (χ1v) is 7.24. The van der Waals surface area contributed by atoms with Gasteiger partial charge in [0.1, 0.15) is 0 Å². The second-order valence-electron chi connectivity index (χ2n) is 4.05. The van der Waals surface area contributed by atoms with Crippen LogP contribution in [0.1, 0.15) is 5.56 Å². The number of hydrogen-bond acceptors (Lipinski definition) is 3. The normalized spacial score (nSPS) is 10.2. The lowest BCUT2D eigenvalue weighted by Crippen LogP contribution is -2.21. The molecule has 2 aromatic rings. The monoisotopic (exact) mass is 310 g/mol. The quantitative estimate of drug-likeness (QED) is 0.884. The maximum absolute atomic E-state index is 12.0. The van der Waals surface area contributed by atoms with E-state index in [0.29, 0.717) is 5.36 Å². The van der Waals surface area contributed by atoms with Crippen LogP contribution in [0.25, 0.3) is 0 Å². The summed E-state index contributed by atoms with van der Waals surface area (Å²) in [7, 11) is -3.61. The van der Waals surface area contributed by atoms with Crippen LogP contribution in [-0.4, -0.2) is 8.42 Å². The summed E-state index contributed by atoms with van der Waals surface area (Å²) in [5.74, 6) is 0. The highest BCUT2D eigenvalue weighted by molar-refractivity contribution is 7.89. The van der Waals surface area contributed by atoms with Crippen LogP contribution in [-0.2, 0) is 10.0 Å². The van der Waals surface area contributed by atoms with Crippen molar-refractivity contribution >= 4 is 22.4 Å². The average molecular weight is 311 g/mol. The maximum atomic E-state index is 12.0. The first-order chi connectivity index (χ1) is 9.08. The fourth-order valence-electron chi connectivity index (χ4n) is 1.45. The van der Waals surface area contributed by atoms with Crippen LogP contribution >= 0.6 is 12.4 Å². The molecule has 0 unspecified atom stereocenters. The lowest BCUT2D eigenvalue weighted by molar-refractivity contribution is 0.583. The van der Waals surface area contributed by atoms with Crippen molar-refractivity contribution in [1.29, 1.82) is 0 Å². The van der Waals surface area contributed by atoms with Crippen LogP contribution in [0.2, 0.25) is 0 Å². The van der Waals surface area contributed by atoms with Gasteiger partial charge in [-0.2, -0.15) is 18.4 Å². The van der Waals surface area contributed by atoms with Crippen LogP contribution in [0.3, 0.4) is 0 Å². The predicted octanol–water partition coefficient (Wildman–Crippen LogP) is 2.21.